The van der Waals surface area contributed by atoms with Crippen molar-refractivity contribution in [2.24, 2.45) is 0 Å². The van der Waals surface area contributed by atoms with E-state index in [4.69, 9.17) is 0 Å². The molecule has 2 rings (SSSR count). The molecule has 0 saturated carbocycles. The average Bonchev–Trinajstić information content (AvgIpc) is 2.43. The van der Waals surface area contributed by atoms with E-state index in [1.807, 2.05) is 51.5 Å². The molecule has 0 heterocycles. The van der Waals surface area contributed by atoms with Crippen LogP contribution in [0.2, 0.25) is 0 Å². The summed E-state index contributed by atoms with van der Waals surface area (Å²) in [5.74, 6) is 0.0664. The maximum absolute atomic E-state index is 12.4. The van der Waals surface area contributed by atoms with Crippen LogP contribution >= 0.6 is 15.9 Å². The van der Waals surface area contributed by atoms with Crippen LogP contribution in [0.15, 0.2) is 40.9 Å². The predicted molar refractivity (Wildman–Crippen MR) is 87.2 cm³/mol. The second-order valence-electron chi connectivity index (χ2n) is 5.24. The fourth-order valence-corrected chi connectivity index (χ4v) is 2.40. The highest BCUT2D eigenvalue weighted by atomic mass is 79.9. The normalized spacial score (nSPS) is 11.1. The molecule has 106 valence electrons. The van der Waals surface area contributed by atoms with Gasteiger partial charge in [-0.05, 0) is 49.1 Å². The maximum atomic E-state index is 12.4. The lowest BCUT2D eigenvalue weighted by molar-refractivity contribution is 0.0786. The molecule has 0 unspecified atom stereocenters. The molecule has 20 heavy (non-hydrogen) atoms. The van der Waals surface area contributed by atoms with Gasteiger partial charge in [-0.25, -0.2) is 0 Å². The first-order valence-electron chi connectivity index (χ1n) is 6.57. The maximum Gasteiger partial charge on any atom is 0.253 e. The minimum atomic E-state index is 0.0664. The number of nitrogens with zero attached hydrogens (tertiary/aromatic N) is 2. The zero-order chi connectivity index (χ0) is 14.7. The number of carbonyl (C=O) groups excluding carboxylic acids is 1. The molecule has 0 aromatic heterocycles. The van der Waals surface area contributed by atoms with Crippen molar-refractivity contribution in [3.05, 3.63) is 46.4 Å². The summed E-state index contributed by atoms with van der Waals surface area (Å²) in [5.41, 5.74) is 0.737. The largest absolute Gasteiger partial charge is 0.340 e. The Labute approximate surface area is 128 Å². The number of hydrogen-bond donors (Lipinski definition) is 0. The van der Waals surface area contributed by atoms with E-state index in [2.05, 4.69) is 26.9 Å². The molecule has 0 atom stereocenters. The Morgan fingerprint density at radius 1 is 1.00 bits per heavy atom. The van der Waals surface area contributed by atoms with Crippen LogP contribution in [0.25, 0.3) is 10.8 Å². The highest BCUT2D eigenvalue weighted by molar-refractivity contribution is 9.10. The number of amides is 1. The molecule has 0 fully saturated rings. The Bertz CT molecular complexity index is 625. The summed E-state index contributed by atoms with van der Waals surface area (Å²) in [6.07, 6.45) is 0. The first-order chi connectivity index (χ1) is 9.47. The van der Waals surface area contributed by atoms with Crippen LogP contribution < -0.4 is 0 Å². The Morgan fingerprint density at radius 3 is 2.35 bits per heavy atom. The fourth-order valence-electron chi connectivity index (χ4n) is 2.02. The van der Waals surface area contributed by atoms with E-state index in [1.54, 1.807) is 4.90 Å². The molecule has 3 nitrogen and oxygen atoms in total. The predicted octanol–water partition coefficient (Wildman–Crippen LogP) is 3.24. The summed E-state index contributed by atoms with van der Waals surface area (Å²) in [7, 11) is 5.86. The van der Waals surface area contributed by atoms with Crippen LogP contribution in [-0.2, 0) is 0 Å². The number of benzene rings is 2. The van der Waals surface area contributed by atoms with Crippen molar-refractivity contribution in [2.75, 3.05) is 34.2 Å². The fraction of sp³-hybridized carbons (Fsp3) is 0.312. The van der Waals surface area contributed by atoms with Crippen molar-refractivity contribution in [1.82, 2.24) is 9.80 Å². The Hall–Kier alpha value is -1.39. The number of hydrogen-bond acceptors (Lipinski definition) is 2. The average molecular weight is 335 g/mol. The van der Waals surface area contributed by atoms with Gasteiger partial charge in [0.2, 0.25) is 0 Å². The van der Waals surface area contributed by atoms with Gasteiger partial charge >= 0.3 is 0 Å². The second-order valence-corrected chi connectivity index (χ2v) is 6.15. The van der Waals surface area contributed by atoms with E-state index < -0.39 is 0 Å². The van der Waals surface area contributed by atoms with E-state index in [9.17, 15) is 4.79 Å². The summed E-state index contributed by atoms with van der Waals surface area (Å²) in [6, 6.07) is 11.9. The van der Waals surface area contributed by atoms with Gasteiger partial charge in [0.15, 0.2) is 0 Å². The second kappa shape index (κ2) is 6.37. The summed E-state index contributed by atoms with van der Waals surface area (Å²) < 4.78 is 1.05. The highest BCUT2D eigenvalue weighted by Gasteiger charge is 2.12. The standard InChI is InChI=1S/C16H19BrN2O/c1-18(2)8-9-19(3)16(20)14-5-4-13-11-15(17)7-6-12(13)10-14/h4-7,10-11H,8-9H2,1-3H3. The lowest BCUT2D eigenvalue weighted by Crippen LogP contribution is -2.33. The quantitative estimate of drug-likeness (QED) is 0.856. The van der Waals surface area contributed by atoms with E-state index in [1.165, 1.54) is 0 Å². The van der Waals surface area contributed by atoms with Crippen LogP contribution in [0.4, 0.5) is 0 Å². The first-order valence-corrected chi connectivity index (χ1v) is 7.36. The summed E-state index contributed by atoms with van der Waals surface area (Å²) >= 11 is 3.46. The Kier molecular flexibility index (Phi) is 4.78. The molecule has 0 saturated heterocycles. The third-order valence-electron chi connectivity index (χ3n) is 3.28. The smallest absolute Gasteiger partial charge is 0.253 e. The molecule has 0 aliphatic rings. The van der Waals surface area contributed by atoms with Crippen molar-refractivity contribution in [3.8, 4) is 0 Å². The van der Waals surface area contributed by atoms with Crippen LogP contribution in [-0.4, -0.2) is 49.9 Å². The van der Waals surface area contributed by atoms with Gasteiger partial charge in [0.1, 0.15) is 0 Å². The topological polar surface area (TPSA) is 23.6 Å². The number of rotatable bonds is 4. The number of carbonyl (C=O) groups is 1. The number of fused-ring (bicyclic) bond motifs is 1. The van der Waals surface area contributed by atoms with Crippen LogP contribution in [0, 0.1) is 0 Å². The first kappa shape index (κ1) is 15.0. The molecule has 0 aliphatic carbocycles. The summed E-state index contributed by atoms with van der Waals surface area (Å²) in [4.78, 5) is 16.2. The number of halogens is 1. The third-order valence-corrected chi connectivity index (χ3v) is 3.77. The van der Waals surface area contributed by atoms with Gasteiger partial charge in [0.25, 0.3) is 5.91 Å². The van der Waals surface area contributed by atoms with E-state index in [0.717, 1.165) is 33.9 Å². The SMILES string of the molecule is CN(C)CCN(C)C(=O)c1ccc2cc(Br)ccc2c1. The molecule has 0 spiro atoms. The lowest BCUT2D eigenvalue weighted by Gasteiger charge is -2.19. The Balaban J connectivity index is 2.20. The van der Waals surface area contributed by atoms with Crippen molar-refractivity contribution in [2.45, 2.75) is 0 Å². The third kappa shape index (κ3) is 3.58. The van der Waals surface area contributed by atoms with Crippen LogP contribution in [0.5, 0.6) is 0 Å². The molecular weight excluding hydrogens is 316 g/mol. The van der Waals surface area contributed by atoms with E-state index >= 15 is 0 Å². The molecular formula is C16H19BrN2O. The zero-order valence-electron chi connectivity index (χ0n) is 12.1. The van der Waals surface area contributed by atoms with Gasteiger partial charge < -0.3 is 9.80 Å². The molecule has 1 amide bonds. The molecule has 2 aromatic rings. The van der Waals surface area contributed by atoms with E-state index in [0.29, 0.717) is 0 Å². The van der Waals surface area contributed by atoms with Crippen LogP contribution in [0.3, 0.4) is 0 Å². The zero-order valence-corrected chi connectivity index (χ0v) is 13.6. The van der Waals surface area contributed by atoms with Crippen molar-refractivity contribution >= 4 is 32.6 Å². The van der Waals surface area contributed by atoms with Crippen molar-refractivity contribution < 1.29 is 4.79 Å². The van der Waals surface area contributed by atoms with E-state index in [-0.39, 0.29) is 5.91 Å². The molecule has 2 aromatic carbocycles. The molecule has 0 aliphatic heterocycles. The lowest BCUT2D eigenvalue weighted by atomic mass is 10.1. The van der Waals surface area contributed by atoms with Gasteiger partial charge in [-0.2, -0.15) is 0 Å². The van der Waals surface area contributed by atoms with Gasteiger partial charge in [-0.3, -0.25) is 4.79 Å². The summed E-state index contributed by atoms with van der Waals surface area (Å²) in [6.45, 7) is 1.59. The molecule has 0 radical (unpaired) electrons. The van der Waals surface area contributed by atoms with Gasteiger partial charge in [-0.1, -0.05) is 28.1 Å². The molecule has 0 bridgehead atoms. The highest BCUT2D eigenvalue weighted by Crippen LogP contribution is 2.21. The molecule has 4 heteroatoms. The number of likely N-dealkylation sites (N-methyl/N-ethyl adjacent to an activating group) is 2. The van der Waals surface area contributed by atoms with Crippen LogP contribution in [0.1, 0.15) is 10.4 Å². The van der Waals surface area contributed by atoms with Crippen molar-refractivity contribution in [1.29, 1.82) is 0 Å². The van der Waals surface area contributed by atoms with Gasteiger partial charge in [-0.15, -0.1) is 0 Å². The van der Waals surface area contributed by atoms with Crippen molar-refractivity contribution in [3.63, 3.8) is 0 Å². The summed E-state index contributed by atoms with van der Waals surface area (Å²) in [5, 5.41) is 2.21. The van der Waals surface area contributed by atoms with Gasteiger partial charge in [0.05, 0.1) is 0 Å². The van der Waals surface area contributed by atoms with Gasteiger partial charge in [0, 0.05) is 30.2 Å². The molecule has 0 N–H and O–H groups in total. The monoisotopic (exact) mass is 334 g/mol. The minimum Gasteiger partial charge on any atom is -0.340 e. The Morgan fingerprint density at radius 2 is 1.65 bits per heavy atom. The minimum absolute atomic E-state index is 0.0664.